The number of aromatic amines is 1. The first-order valence-electron chi connectivity index (χ1n) is 15.4. The second-order valence-electron chi connectivity index (χ2n) is 12.3. The van der Waals surface area contributed by atoms with Crippen LogP contribution in [0.1, 0.15) is 54.7 Å². The Labute approximate surface area is 258 Å². The van der Waals surface area contributed by atoms with E-state index in [1.807, 2.05) is 26.0 Å². The lowest BCUT2D eigenvalue weighted by Crippen LogP contribution is -2.40. The van der Waals surface area contributed by atoms with Crippen LogP contribution in [0.2, 0.25) is 0 Å². The van der Waals surface area contributed by atoms with Gasteiger partial charge in [-0.2, -0.15) is 0 Å². The van der Waals surface area contributed by atoms with Gasteiger partial charge in [-0.3, -0.25) is 8.99 Å². The minimum atomic E-state index is -2.72. The number of nitrogens with one attached hydrogen (secondary N) is 1. The Morgan fingerprint density at radius 2 is 1.93 bits per heavy atom. The number of piperidine rings is 1. The van der Waals surface area contributed by atoms with Gasteiger partial charge in [0, 0.05) is 36.1 Å². The Morgan fingerprint density at radius 1 is 1.14 bits per heavy atom. The number of carbonyl (C=O) groups is 1. The van der Waals surface area contributed by atoms with E-state index in [0.29, 0.717) is 47.7 Å². The highest BCUT2D eigenvalue weighted by Crippen LogP contribution is 2.33. The van der Waals surface area contributed by atoms with Crippen molar-refractivity contribution < 1.29 is 22.3 Å². The van der Waals surface area contributed by atoms with Gasteiger partial charge in [-0.15, -0.1) is 5.10 Å². The zero-order valence-corrected chi connectivity index (χ0v) is 26.1. The van der Waals surface area contributed by atoms with Crippen molar-refractivity contribution in [2.24, 2.45) is 11.8 Å². The van der Waals surface area contributed by atoms with Gasteiger partial charge < -0.3 is 14.6 Å². The number of halogens is 1. The molecule has 2 aromatic carbocycles. The van der Waals surface area contributed by atoms with Crippen LogP contribution in [0.25, 0.3) is 22.2 Å². The van der Waals surface area contributed by atoms with Crippen LogP contribution in [0.4, 0.5) is 10.1 Å². The number of rotatable bonds is 11. The summed E-state index contributed by atoms with van der Waals surface area (Å²) in [5, 5.41) is 9.26. The van der Waals surface area contributed by atoms with Crippen LogP contribution in [-0.2, 0) is 35.0 Å². The minimum absolute atomic E-state index is 0.177. The number of H-pyrrole nitrogens is 1. The lowest BCUT2D eigenvalue weighted by atomic mass is 9.97. The van der Waals surface area contributed by atoms with Crippen molar-refractivity contribution in [1.29, 1.82) is 0 Å². The third-order valence-corrected chi connectivity index (χ3v) is 9.49. The predicted molar refractivity (Wildman–Crippen MR) is 168 cm³/mol. The summed E-state index contributed by atoms with van der Waals surface area (Å²) >= 11 is 0. The molecule has 0 atom stereocenters. The Balaban J connectivity index is 1.08. The van der Waals surface area contributed by atoms with E-state index >= 15 is 0 Å². The molecule has 2 aromatic heterocycles. The monoisotopic (exact) mass is 622 g/mol. The first kappa shape index (κ1) is 30.3. The van der Waals surface area contributed by atoms with Crippen molar-refractivity contribution in [1.82, 2.24) is 24.9 Å². The average molecular weight is 623 g/mol. The Bertz CT molecular complexity index is 1710. The summed E-state index contributed by atoms with van der Waals surface area (Å²) in [7, 11) is -2.72. The maximum absolute atomic E-state index is 14.2. The van der Waals surface area contributed by atoms with Gasteiger partial charge in [0.1, 0.15) is 17.2 Å². The van der Waals surface area contributed by atoms with Gasteiger partial charge in [-0.05, 0) is 98.5 Å². The van der Waals surface area contributed by atoms with Crippen LogP contribution >= 0.6 is 0 Å². The number of benzene rings is 2. The lowest BCUT2D eigenvalue weighted by Gasteiger charge is -2.32. The highest BCUT2D eigenvalue weighted by Gasteiger charge is 2.25. The highest BCUT2D eigenvalue weighted by atomic mass is 32.2. The van der Waals surface area contributed by atoms with E-state index in [9.17, 15) is 17.6 Å². The number of esters is 1. The normalized spacial score (nSPS) is 15.8. The van der Waals surface area contributed by atoms with E-state index in [4.69, 9.17) is 4.74 Å². The molecule has 0 saturated carbocycles. The number of hydrogen-bond acceptors (Lipinski definition) is 7. The summed E-state index contributed by atoms with van der Waals surface area (Å²) in [5.74, 6) is -0.364. The van der Waals surface area contributed by atoms with Crippen LogP contribution in [0.5, 0.6) is 0 Å². The molecule has 10 nitrogen and oxygen atoms in total. The second-order valence-corrected chi connectivity index (χ2v) is 13.3. The van der Waals surface area contributed by atoms with Crippen molar-refractivity contribution in [3.8, 4) is 11.3 Å². The molecule has 1 aliphatic heterocycles. The average Bonchev–Trinajstić information content (AvgIpc) is 3.74. The molecule has 1 N–H and O–H groups in total. The molecule has 12 heteroatoms. The van der Waals surface area contributed by atoms with Crippen LogP contribution in [0, 0.1) is 17.7 Å². The number of anilines is 1. The van der Waals surface area contributed by atoms with Gasteiger partial charge >= 0.3 is 5.97 Å². The standard InChI is InChI=1S/C32H39FN6O4S/c1-21(2)20-43-32(40)31-30(27-17-25(33)7-9-28(27)34-31)29-19-38(36-35-29)18-22-10-12-37(13-11-22)14-15-39(44(41)42)26-8-6-23-4-3-5-24(23)16-26/h6-9,16-17,19,21-22,34,44H,3-5,10-15,18,20H2,1-2H3. The quantitative estimate of drug-likeness (QED) is 0.186. The molecule has 0 unspecified atom stereocenters. The third kappa shape index (κ3) is 6.66. The largest absolute Gasteiger partial charge is 0.461 e. The second kappa shape index (κ2) is 13.1. The predicted octanol–water partition coefficient (Wildman–Crippen LogP) is 4.61. The molecule has 1 saturated heterocycles. The summed E-state index contributed by atoms with van der Waals surface area (Å²) in [6.07, 6.45) is 6.91. The molecule has 0 bridgehead atoms. The third-order valence-electron chi connectivity index (χ3n) is 8.66. The van der Waals surface area contributed by atoms with Gasteiger partial charge in [0.15, 0.2) is 0 Å². The van der Waals surface area contributed by atoms with E-state index < -0.39 is 22.7 Å². The number of carbonyl (C=O) groups excluding carboxylic acids is 1. The molecular formula is C32H39FN6O4S. The fourth-order valence-electron chi connectivity index (χ4n) is 6.32. The number of aromatic nitrogens is 4. The number of aryl methyl sites for hydroxylation is 2. The minimum Gasteiger partial charge on any atom is -0.461 e. The number of hydrogen-bond donors (Lipinski definition) is 2. The lowest BCUT2D eigenvalue weighted by molar-refractivity contribution is 0.0454. The Morgan fingerprint density at radius 3 is 2.70 bits per heavy atom. The number of ether oxygens (including phenoxy) is 1. The van der Waals surface area contributed by atoms with E-state index in [1.54, 1.807) is 16.9 Å². The van der Waals surface area contributed by atoms with Crippen LogP contribution in [-0.4, -0.2) is 72.1 Å². The molecule has 6 rings (SSSR count). The van der Waals surface area contributed by atoms with Gasteiger partial charge in [-0.1, -0.05) is 25.1 Å². The molecular weight excluding hydrogens is 583 g/mol. The molecule has 44 heavy (non-hydrogen) atoms. The van der Waals surface area contributed by atoms with Crippen molar-refractivity contribution in [3.63, 3.8) is 0 Å². The molecule has 234 valence electrons. The Kier molecular flexibility index (Phi) is 8.99. The van der Waals surface area contributed by atoms with Crippen LogP contribution in [0.15, 0.2) is 42.6 Å². The number of fused-ring (bicyclic) bond motifs is 2. The number of likely N-dealkylation sites (tertiary alicyclic amines) is 1. The van der Waals surface area contributed by atoms with Crippen molar-refractivity contribution in [2.45, 2.75) is 52.5 Å². The molecule has 0 radical (unpaired) electrons. The van der Waals surface area contributed by atoms with Crippen molar-refractivity contribution in [2.75, 3.05) is 37.1 Å². The molecule has 2 aliphatic rings. The molecule has 4 aromatic rings. The zero-order chi connectivity index (χ0) is 30.8. The summed E-state index contributed by atoms with van der Waals surface area (Å²) in [6, 6.07) is 10.4. The Hall–Kier alpha value is -3.77. The maximum atomic E-state index is 14.2. The molecule has 0 amide bonds. The molecule has 0 spiro atoms. The first-order valence-corrected chi connectivity index (χ1v) is 16.5. The molecule has 1 aliphatic carbocycles. The number of thiol groups is 1. The fraction of sp³-hybridized carbons (Fsp3) is 0.469. The summed E-state index contributed by atoms with van der Waals surface area (Å²) < 4.78 is 47.2. The van der Waals surface area contributed by atoms with E-state index in [-0.39, 0.29) is 18.2 Å². The van der Waals surface area contributed by atoms with E-state index in [1.165, 1.54) is 27.6 Å². The first-order chi connectivity index (χ1) is 21.2. The highest BCUT2D eigenvalue weighted by molar-refractivity contribution is 7.74. The molecule has 1 fully saturated rings. The summed E-state index contributed by atoms with van der Waals surface area (Å²) in [4.78, 5) is 18.4. The van der Waals surface area contributed by atoms with Gasteiger partial charge in [0.25, 0.3) is 0 Å². The van der Waals surface area contributed by atoms with Gasteiger partial charge in [0.05, 0.1) is 18.5 Å². The number of nitrogens with zero attached hydrogens (tertiary/aromatic N) is 5. The van der Waals surface area contributed by atoms with Crippen molar-refractivity contribution in [3.05, 3.63) is 65.2 Å². The summed E-state index contributed by atoms with van der Waals surface area (Å²) in [6.45, 7) is 7.71. The SMILES string of the molecule is CC(C)COC(=O)c1[nH]c2ccc(F)cc2c1-c1cn(CC2CCN(CCN(c3ccc4c(c3)CCC4)[SH](=O)=O)CC2)nn1. The van der Waals surface area contributed by atoms with Crippen molar-refractivity contribution >= 4 is 33.4 Å². The van der Waals surface area contributed by atoms with Crippen LogP contribution in [0.3, 0.4) is 0 Å². The van der Waals surface area contributed by atoms with E-state index in [0.717, 1.165) is 50.9 Å². The molecule has 3 heterocycles. The topological polar surface area (TPSA) is 113 Å². The van der Waals surface area contributed by atoms with Crippen LogP contribution < -0.4 is 4.31 Å². The fourth-order valence-corrected chi connectivity index (χ4v) is 6.88. The maximum Gasteiger partial charge on any atom is 0.355 e. The van der Waals surface area contributed by atoms with Gasteiger partial charge in [-0.25, -0.2) is 17.6 Å². The smallest absolute Gasteiger partial charge is 0.355 e. The van der Waals surface area contributed by atoms with Gasteiger partial charge in [0.2, 0.25) is 10.9 Å². The van der Waals surface area contributed by atoms with E-state index in [2.05, 4.69) is 26.3 Å². The zero-order valence-electron chi connectivity index (χ0n) is 25.2. The summed E-state index contributed by atoms with van der Waals surface area (Å²) in [5.41, 5.74) is 5.18.